The first kappa shape index (κ1) is 12.8. The SMILES string of the molecule is CNC(=S)C1=C(N2CCOCC2)CCN(C)C1. The minimum Gasteiger partial charge on any atom is -0.379 e. The summed E-state index contributed by atoms with van der Waals surface area (Å²) in [6.45, 7) is 5.72. The molecule has 0 saturated carbocycles. The molecule has 1 saturated heterocycles. The molecule has 2 rings (SSSR count). The monoisotopic (exact) mass is 255 g/mol. The summed E-state index contributed by atoms with van der Waals surface area (Å²) in [6, 6.07) is 0. The molecule has 0 bridgehead atoms. The summed E-state index contributed by atoms with van der Waals surface area (Å²) in [7, 11) is 4.05. The van der Waals surface area contributed by atoms with Crippen LogP contribution in [0.3, 0.4) is 0 Å². The Kier molecular flexibility index (Phi) is 4.36. The van der Waals surface area contributed by atoms with E-state index in [1.165, 1.54) is 11.3 Å². The first-order valence-corrected chi connectivity index (χ1v) is 6.58. The number of nitrogens with zero attached hydrogens (tertiary/aromatic N) is 2. The molecule has 0 aliphatic carbocycles. The van der Waals surface area contributed by atoms with E-state index in [9.17, 15) is 0 Å². The van der Waals surface area contributed by atoms with E-state index in [-0.39, 0.29) is 0 Å². The lowest BCUT2D eigenvalue weighted by molar-refractivity contribution is 0.0499. The Balaban J connectivity index is 2.20. The van der Waals surface area contributed by atoms with Crippen LogP contribution in [0.4, 0.5) is 0 Å². The second kappa shape index (κ2) is 5.80. The van der Waals surface area contributed by atoms with Gasteiger partial charge in [-0.2, -0.15) is 0 Å². The van der Waals surface area contributed by atoms with Gasteiger partial charge in [-0.1, -0.05) is 12.2 Å². The van der Waals surface area contributed by atoms with E-state index in [1.807, 2.05) is 7.05 Å². The Labute approximate surface area is 109 Å². The van der Waals surface area contributed by atoms with Gasteiger partial charge in [0.1, 0.15) is 4.99 Å². The van der Waals surface area contributed by atoms with E-state index < -0.39 is 0 Å². The molecule has 96 valence electrons. The first-order valence-electron chi connectivity index (χ1n) is 6.17. The molecule has 0 aromatic carbocycles. The number of hydrogen-bond acceptors (Lipinski definition) is 4. The van der Waals surface area contributed by atoms with Crippen molar-refractivity contribution in [1.82, 2.24) is 15.1 Å². The lowest BCUT2D eigenvalue weighted by Crippen LogP contribution is -2.42. The summed E-state index contributed by atoms with van der Waals surface area (Å²) in [6.07, 6.45) is 1.09. The maximum absolute atomic E-state index is 5.42. The van der Waals surface area contributed by atoms with Crippen molar-refractivity contribution in [2.75, 3.05) is 53.5 Å². The summed E-state index contributed by atoms with van der Waals surface area (Å²) in [5, 5.41) is 3.11. The van der Waals surface area contributed by atoms with Crippen molar-refractivity contribution in [1.29, 1.82) is 0 Å². The molecule has 4 nitrogen and oxygen atoms in total. The van der Waals surface area contributed by atoms with Gasteiger partial charge in [-0.25, -0.2) is 0 Å². The van der Waals surface area contributed by atoms with Crippen molar-refractivity contribution >= 4 is 17.2 Å². The smallest absolute Gasteiger partial charge is 0.105 e. The number of morpholine rings is 1. The van der Waals surface area contributed by atoms with Gasteiger partial charge in [0.15, 0.2) is 0 Å². The van der Waals surface area contributed by atoms with Crippen LogP contribution in [0.1, 0.15) is 6.42 Å². The van der Waals surface area contributed by atoms with Crippen LogP contribution in [0.2, 0.25) is 0 Å². The molecule has 1 fully saturated rings. The van der Waals surface area contributed by atoms with Crippen molar-refractivity contribution in [2.24, 2.45) is 0 Å². The van der Waals surface area contributed by atoms with Gasteiger partial charge in [-0.05, 0) is 7.05 Å². The second-order valence-electron chi connectivity index (χ2n) is 4.59. The summed E-state index contributed by atoms with van der Waals surface area (Å²) >= 11 is 5.42. The highest BCUT2D eigenvalue weighted by Crippen LogP contribution is 2.22. The highest BCUT2D eigenvalue weighted by molar-refractivity contribution is 7.80. The van der Waals surface area contributed by atoms with Gasteiger partial charge in [-0.15, -0.1) is 0 Å². The Bertz CT molecular complexity index is 324. The molecule has 0 aromatic heterocycles. The molecule has 17 heavy (non-hydrogen) atoms. The summed E-state index contributed by atoms with van der Waals surface area (Å²) < 4.78 is 5.41. The van der Waals surface area contributed by atoms with Crippen LogP contribution in [0, 0.1) is 0 Å². The third kappa shape index (κ3) is 2.97. The molecule has 0 amide bonds. The summed E-state index contributed by atoms with van der Waals surface area (Å²) in [4.78, 5) is 5.65. The van der Waals surface area contributed by atoms with Crippen LogP contribution in [0.25, 0.3) is 0 Å². The number of nitrogens with one attached hydrogen (secondary N) is 1. The largest absolute Gasteiger partial charge is 0.379 e. The molecule has 5 heteroatoms. The Morgan fingerprint density at radius 1 is 1.29 bits per heavy atom. The highest BCUT2D eigenvalue weighted by atomic mass is 32.1. The van der Waals surface area contributed by atoms with Crippen LogP contribution in [0.15, 0.2) is 11.3 Å². The molecule has 2 heterocycles. The Morgan fingerprint density at radius 3 is 2.65 bits per heavy atom. The molecule has 0 unspecified atom stereocenters. The molecule has 0 spiro atoms. The average molecular weight is 255 g/mol. The van der Waals surface area contributed by atoms with E-state index in [0.29, 0.717) is 0 Å². The maximum atomic E-state index is 5.42. The third-order valence-electron chi connectivity index (χ3n) is 3.40. The van der Waals surface area contributed by atoms with Crippen LogP contribution >= 0.6 is 12.2 Å². The second-order valence-corrected chi connectivity index (χ2v) is 5.00. The average Bonchev–Trinajstić information content (AvgIpc) is 2.38. The zero-order chi connectivity index (χ0) is 12.3. The molecule has 2 aliphatic rings. The first-order chi connectivity index (χ1) is 8.22. The fourth-order valence-corrected chi connectivity index (χ4v) is 2.61. The Hall–Kier alpha value is -0.650. The van der Waals surface area contributed by atoms with Crippen molar-refractivity contribution in [3.8, 4) is 0 Å². The standard InChI is InChI=1S/C12H21N3OS/c1-13-12(17)10-9-14(2)4-3-11(10)15-5-7-16-8-6-15/h3-9H2,1-2H3,(H,13,17). The minimum atomic E-state index is 0.832. The number of likely N-dealkylation sites (N-methyl/N-ethyl adjacent to an activating group) is 2. The van der Waals surface area contributed by atoms with Crippen LogP contribution in [-0.4, -0.2) is 68.3 Å². The number of ether oxygens (including phenoxy) is 1. The minimum absolute atomic E-state index is 0.832. The normalized spacial score (nSPS) is 22.8. The number of hydrogen-bond donors (Lipinski definition) is 1. The molecular formula is C12H21N3OS. The zero-order valence-corrected chi connectivity index (χ0v) is 11.5. The van der Waals surface area contributed by atoms with Crippen molar-refractivity contribution in [3.63, 3.8) is 0 Å². The number of thiocarbonyl (C=S) groups is 1. The predicted octanol–water partition coefficient (Wildman–Crippen LogP) is 0.455. The lowest BCUT2D eigenvalue weighted by Gasteiger charge is -2.37. The van der Waals surface area contributed by atoms with Gasteiger partial charge >= 0.3 is 0 Å². The van der Waals surface area contributed by atoms with Gasteiger partial charge in [0.25, 0.3) is 0 Å². The van der Waals surface area contributed by atoms with Crippen molar-refractivity contribution in [3.05, 3.63) is 11.3 Å². The third-order valence-corrected chi connectivity index (χ3v) is 3.85. The maximum Gasteiger partial charge on any atom is 0.105 e. The molecule has 0 atom stereocenters. The fourth-order valence-electron chi connectivity index (χ4n) is 2.42. The number of rotatable bonds is 2. The van der Waals surface area contributed by atoms with Gasteiger partial charge < -0.3 is 19.9 Å². The molecule has 0 aromatic rings. The quantitative estimate of drug-likeness (QED) is 0.724. The highest BCUT2D eigenvalue weighted by Gasteiger charge is 2.24. The van der Waals surface area contributed by atoms with E-state index in [2.05, 4.69) is 22.2 Å². The van der Waals surface area contributed by atoms with Crippen molar-refractivity contribution < 1.29 is 4.74 Å². The molecule has 2 aliphatic heterocycles. The zero-order valence-electron chi connectivity index (χ0n) is 10.7. The molecule has 1 N–H and O–H groups in total. The predicted molar refractivity (Wildman–Crippen MR) is 73.2 cm³/mol. The van der Waals surface area contributed by atoms with Gasteiger partial charge in [0.2, 0.25) is 0 Å². The van der Waals surface area contributed by atoms with E-state index in [0.717, 1.165) is 50.8 Å². The van der Waals surface area contributed by atoms with E-state index >= 15 is 0 Å². The van der Waals surface area contributed by atoms with E-state index in [1.54, 1.807) is 0 Å². The molecular weight excluding hydrogens is 234 g/mol. The summed E-state index contributed by atoms with van der Waals surface area (Å²) in [5.74, 6) is 0. The Morgan fingerprint density at radius 2 is 2.00 bits per heavy atom. The van der Waals surface area contributed by atoms with Crippen molar-refractivity contribution in [2.45, 2.75) is 6.42 Å². The van der Waals surface area contributed by atoms with Gasteiger partial charge in [0, 0.05) is 50.9 Å². The van der Waals surface area contributed by atoms with Crippen LogP contribution in [-0.2, 0) is 4.74 Å². The van der Waals surface area contributed by atoms with Gasteiger partial charge in [-0.3, -0.25) is 0 Å². The topological polar surface area (TPSA) is 27.7 Å². The van der Waals surface area contributed by atoms with E-state index in [4.69, 9.17) is 17.0 Å². The molecule has 0 radical (unpaired) electrons. The van der Waals surface area contributed by atoms with Crippen LogP contribution in [0.5, 0.6) is 0 Å². The summed E-state index contributed by atoms with van der Waals surface area (Å²) in [5.41, 5.74) is 2.71. The lowest BCUT2D eigenvalue weighted by atomic mass is 10.0. The van der Waals surface area contributed by atoms with Gasteiger partial charge in [0.05, 0.1) is 13.2 Å². The fraction of sp³-hybridized carbons (Fsp3) is 0.750. The van der Waals surface area contributed by atoms with Crippen LogP contribution < -0.4 is 5.32 Å².